The van der Waals surface area contributed by atoms with Crippen LogP contribution in [0.15, 0.2) is 91.0 Å². The minimum absolute atomic E-state index is 0. The van der Waals surface area contributed by atoms with Crippen molar-refractivity contribution in [3.63, 3.8) is 0 Å². The minimum atomic E-state index is 0. The molecule has 0 N–H and O–H groups in total. The van der Waals surface area contributed by atoms with Gasteiger partial charge in [-0.1, -0.05) is 0 Å². The van der Waals surface area contributed by atoms with Gasteiger partial charge in [-0.2, -0.15) is 0 Å². The molecule has 2 aliphatic rings. The molecule has 3 heteroatoms. The van der Waals surface area contributed by atoms with Crippen LogP contribution in [0.3, 0.4) is 0 Å². The van der Waals surface area contributed by atoms with E-state index in [1.54, 1.807) is 0 Å². The Morgan fingerprint density at radius 3 is 1.89 bits per heavy atom. The Bertz CT molecular complexity index is 1710. The molecule has 0 bridgehead atoms. The van der Waals surface area contributed by atoms with Crippen molar-refractivity contribution >= 4 is 14.4 Å². The van der Waals surface area contributed by atoms with Crippen LogP contribution in [0, 0.1) is 27.7 Å². The second kappa shape index (κ2) is 11.4. The fourth-order valence-corrected chi connectivity index (χ4v) is 7.01. The Labute approximate surface area is 253 Å². The average molecular weight is 612 g/mol. The van der Waals surface area contributed by atoms with Gasteiger partial charge in [-0.05, 0) is 0 Å². The van der Waals surface area contributed by atoms with Crippen molar-refractivity contribution in [2.75, 3.05) is 0 Å². The molecule has 0 amide bonds. The SMILES string of the molecule is Cc1cccc(C(c2cccc(C)c2)=c2cc3c(c(C4=CC=CC4)c2C)=[C]([Zr+2])c2cc(C)ccc2-3)c1.[Cl-].[Cl-]. The summed E-state index contributed by atoms with van der Waals surface area (Å²) in [6.07, 6.45) is 7.83. The van der Waals surface area contributed by atoms with Crippen molar-refractivity contribution in [1.82, 2.24) is 0 Å². The molecule has 2 aliphatic carbocycles. The fraction of sp³-hybridized carbons (Fsp3) is 0.143. The molecule has 0 atom stereocenters. The molecule has 0 nitrogen and oxygen atoms in total. The number of benzene rings is 4. The molecule has 0 fully saturated rings. The zero-order valence-corrected chi connectivity index (χ0v) is 26.1. The molecule has 38 heavy (non-hydrogen) atoms. The summed E-state index contributed by atoms with van der Waals surface area (Å²) < 4.78 is 1.49. The summed E-state index contributed by atoms with van der Waals surface area (Å²) in [5.74, 6) is 0. The van der Waals surface area contributed by atoms with Crippen LogP contribution >= 0.6 is 0 Å². The van der Waals surface area contributed by atoms with Crippen LogP contribution in [-0.4, -0.2) is 0 Å². The molecule has 6 rings (SSSR count). The van der Waals surface area contributed by atoms with E-state index in [9.17, 15) is 0 Å². The van der Waals surface area contributed by atoms with E-state index in [2.05, 4.69) is 119 Å². The smallest absolute Gasteiger partial charge is 1.00 e. The van der Waals surface area contributed by atoms with Crippen LogP contribution in [0.5, 0.6) is 0 Å². The molecule has 0 saturated carbocycles. The largest absolute Gasteiger partial charge is 1.00 e. The van der Waals surface area contributed by atoms with Gasteiger partial charge in [0.2, 0.25) is 0 Å². The summed E-state index contributed by atoms with van der Waals surface area (Å²) in [4.78, 5) is 0. The zero-order chi connectivity index (χ0) is 25.0. The molecule has 4 aromatic carbocycles. The summed E-state index contributed by atoms with van der Waals surface area (Å²) in [5, 5.41) is 2.79. The third kappa shape index (κ3) is 4.86. The number of hydrogen-bond acceptors (Lipinski definition) is 0. The first-order valence-corrected chi connectivity index (χ1v) is 13.9. The summed E-state index contributed by atoms with van der Waals surface area (Å²) in [6.45, 7) is 8.92. The summed E-state index contributed by atoms with van der Waals surface area (Å²) in [7, 11) is 0. The Hall–Kier alpha value is -2.44. The topological polar surface area (TPSA) is 0 Å². The van der Waals surface area contributed by atoms with Gasteiger partial charge in [0, 0.05) is 0 Å². The Kier molecular flexibility index (Phi) is 8.53. The number of aryl methyl sites for hydroxylation is 3. The van der Waals surface area contributed by atoms with Gasteiger partial charge in [-0.15, -0.1) is 0 Å². The van der Waals surface area contributed by atoms with Crippen LogP contribution in [0.1, 0.15) is 50.9 Å². The first-order chi connectivity index (χ1) is 17.4. The maximum absolute atomic E-state index is 2.49. The van der Waals surface area contributed by atoms with Crippen molar-refractivity contribution in [1.29, 1.82) is 0 Å². The third-order valence-corrected chi connectivity index (χ3v) is 8.82. The normalized spacial score (nSPS) is 12.9. The van der Waals surface area contributed by atoms with Crippen molar-refractivity contribution in [3.8, 4) is 11.1 Å². The second-order valence-corrected chi connectivity index (χ2v) is 11.4. The number of rotatable bonds is 3. The molecule has 0 unspecified atom stereocenters. The van der Waals surface area contributed by atoms with E-state index in [0.717, 1.165) is 6.42 Å². The van der Waals surface area contributed by atoms with Gasteiger partial charge < -0.3 is 24.8 Å². The van der Waals surface area contributed by atoms with Gasteiger partial charge in [0.15, 0.2) is 0 Å². The number of hydrogen-bond donors (Lipinski definition) is 0. The number of fused-ring (bicyclic) bond motifs is 3. The van der Waals surface area contributed by atoms with Gasteiger partial charge in [-0.25, -0.2) is 0 Å². The van der Waals surface area contributed by atoms with E-state index in [1.165, 1.54) is 105 Å². The summed E-state index contributed by atoms with van der Waals surface area (Å²) in [5.41, 5.74) is 16.2. The van der Waals surface area contributed by atoms with E-state index in [-0.39, 0.29) is 24.8 Å². The van der Waals surface area contributed by atoms with Gasteiger partial charge >= 0.3 is 230 Å². The van der Waals surface area contributed by atoms with Gasteiger partial charge in [0.25, 0.3) is 0 Å². The van der Waals surface area contributed by atoms with Crippen molar-refractivity contribution in [2.45, 2.75) is 34.1 Å². The van der Waals surface area contributed by atoms with Crippen LogP contribution in [-0.2, 0) is 24.7 Å². The maximum atomic E-state index is 2.49. The molecule has 0 aromatic heterocycles. The summed E-state index contributed by atoms with van der Waals surface area (Å²) >= 11 is 1.48. The van der Waals surface area contributed by atoms with Gasteiger partial charge in [0.1, 0.15) is 0 Å². The summed E-state index contributed by atoms with van der Waals surface area (Å²) in [6, 6.07) is 27.4. The number of halogens is 2. The molecule has 4 aromatic rings. The van der Waals surface area contributed by atoms with Crippen LogP contribution < -0.4 is 35.3 Å². The van der Waals surface area contributed by atoms with Gasteiger partial charge in [-0.3, -0.25) is 0 Å². The standard InChI is InChI=1S/C35H29.2ClH.Zr/c1-22-9-7-13-27(17-22)35(28-14-8-10-23(2)18-28)31-21-32-30-16-15-24(3)19-29(30)20-33(32)34(25(31)4)26-11-5-6-12-26;;;/h5-11,13-19,21H,12H2,1-4H3;2*1H;/q;;;+2/p-2. The van der Waals surface area contributed by atoms with E-state index in [0.29, 0.717) is 0 Å². The molecule has 0 aliphatic heterocycles. The molecule has 187 valence electrons. The average Bonchev–Trinajstić information content (AvgIpc) is 3.47. The predicted octanol–water partition coefficient (Wildman–Crippen LogP) is 1.20. The van der Waals surface area contributed by atoms with Crippen LogP contribution in [0.2, 0.25) is 0 Å². The first kappa shape index (κ1) is 28.6. The van der Waals surface area contributed by atoms with E-state index >= 15 is 0 Å². The monoisotopic (exact) mass is 609 g/mol. The minimum Gasteiger partial charge on any atom is -1.00 e. The molecule has 0 radical (unpaired) electrons. The third-order valence-electron chi connectivity index (χ3n) is 7.55. The molecule has 0 heterocycles. The van der Waals surface area contributed by atoms with Crippen molar-refractivity contribution in [3.05, 3.63) is 146 Å². The maximum Gasteiger partial charge on any atom is -1.00 e. The Morgan fingerprint density at radius 2 is 1.32 bits per heavy atom. The van der Waals surface area contributed by atoms with Crippen molar-refractivity contribution < 1.29 is 49.5 Å². The number of allylic oxidation sites excluding steroid dienone is 4. The predicted molar refractivity (Wildman–Crippen MR) is 149 cm³/mol. The molecule has 0 saturated heterocycles. The molecular formula is C35H29Cl2Zr. The van der Waals surface area contributed by atoms with E-state index in [1.807, 2.05) is 0 Å². The van der Waals surface area contributed by atoms with Crippen molar-refractivity contribution in [2.24, 2.45) is 0 Å². The fourth-order valence-electron chi connectivity index (χ4n) is 5.86. The Morgan fingerprint density at radius 1 is 0.684 bits per heavy atom. The van der Waals surface area contributed by atoms with Gasteiger partial charge in [0.05, 0.1) is 0 Å². The van der Waals surface area contributed by atoms with Crippen LogP contribution in [0.25, 0.3) is 25.6 Å². The zero-order valence-electron chi connectivity index (χ0n) is 22.1. The van der Waals surface area contributed by atoms with Crippen LogP contribution in [0.4, 0.5) is 0 Å². The quantitative estimate of drug-likeness (QED) is 0.327. The second-order valence-electron chi connectivity index (χ2n) is 10.2. The van der Waals surface area contributed by atoms with E-state index < -0.39 is 0 Å². The Balaban J connectivity index is 0.00000168. The molecular weight excluding hydrogens is 583 g/mol. The molecule has 0 spiro atoms. The van der Waals surface area contributed by atoms with E-state index in [4.69, 9.17) is 0 Å². The first-order valence-electron chi connectivity index (χ1n) is 12.7.